The van der Waals surface area contributed by atoms with Gasteiger partial charge in [-0.25, -0.2) is 4.79 Å². The molecule has 0 heterocycles. The zero-order valence-electron chi connectivity index (χ0n) is 23.3. The summed E-state index contributed by atoms with van der Waals surface area (Å²) in [4.78, 5) is 25.7. The molecule has 1 unspecified atom stereocenters. The van der Waals surface area contributed by atoms with Crippen LogP contribution in [-0.4, -0.2) is 31.6 Å². The highest BCUT2D eigenvalue weighted by Crippen LogP contribution is 2.25. The van der Waals surface area contributed by atoms with Crippen molar-refractivity contribution in [1.82, 2.24) is 5.32 Å². The van der Waals surface area contributed by atoms with Gasteiger partial charge in [0.1, 0.15) is 6.04 Å². The summed E-state index contributed by atoms with van der Waals surface area (Å²) in [5.74, 6) is -0.427. The Labute approximate surface area is 236 Å². The zero-order valence-corrected chi connectivity index (χ0v) is 23.3. The maximum atomic E-state index is 13.1. The number of rotatable bonds is 12. The van der Waals surface area contributed by atoms with Crippen molar-refractivity contribution in [1.29, 1.82) is 0 Å². The van der Waals surface area contributed by atoms with Gasteiger partial charge in [0.15, 0.2) is 0 Å². The summed E-state index contributed by atoms with van der Waals surface area (Å²) < 4.78 is 5.30. The largest absolute Gasteiger partial charge is 0.465 e. The predicted molar refractivity (Wildman–Crippen MR) is 162 cm³/mol. The lowest BCUT2D eigenvalue weighted by Gasteiger charge is -2.28. The Kier molecular flexibility index (Phi) is 9.71. The third-order valence-electron chi connectivity index (χ3n) is 6.61. The van der Waals surface area contributed by atoms with Crippen LogP contribution in [0.1, 0.15) is 42.7 Å². The van der Waals surface area contributed by atoms with E-state index in [0.717, 1.165) is 28.1 Å². The van der Waals surface area contributed by atoms with Gasteiger partial charge in [-0.15, -0.1) is 0 Å². The first-order chi connectivity index (χ1) is 19.4. The normalized spacial score (nSPS) is 11.9. The molecule has 6 heteroatoms. The molecule has 1 atom stereocenters. The maximum absolute atomic E-state index is 13.1. The molecule has 40 heavy (non-hydrogen) atoms. The Morgan fingerprint density at radius 3 is 2.02 bits per heavy atom. The van der Waals surface area contributed by atoms with Gasteiger partial charge >= 0.3 is 5.97 Å². The smallest absolute Gasteiger partial charge is 0.327 e. The number of nitrogens with one attached hydrogen (secondary N) is 3. The number of amides is 1. The van der Waals surface area contributed by atoms with Crippen molar-refractivity contribution in [2.75, 3.05) is 30.3 Å². The van der Waals surface area contributed by atoms with Crippen LogP contribution in [0.5, 0.6) is 0 Å². The predicted octanol–water partition coefficient (Wildman–Crippen LogP) is 6.94. The molecule has 0 aromatic heterocycles. The average molecular weight is 536 g/mol. The minimum absolute atomic E-state index is 0.151. The van der Waals surface area contributed by atoms with Gasteiger partial charge in [-0.1, -0.05) is 92.7 Å². The molecule has 0 aliphatic heterocycles. The molecular weight excluding hydrogens is 498 g/mol. The first-order valence-electron chi connectivity index (χ1n) is 13.6. The summed E-state index contributed by atoms with van der Waals surface area (Å²) in [6.45, 7) is 7.71. The van der Waals surface area contributed by atoms with Gasteiger partial charge in [-0.2, -0.15) is 0 Å². The van der Waals surface area contributed by atoms with Crippen LogP contribution in [0.3, 0.4) is 0 Å². The Morgan fingerprint density at radius 1 is 0.750 bits per heavy atom. The molecule has 0 aliphatic carbocycles. The van der Waals surface area contributed by atoms with Crippen molar-refractivity contribution >= 4 is 23.3 Å². The third kappa shape index (κ3) is 7.80. The van der Waals surface area contributed by atoms with Gasteiger partial charge in [0, 0.05) is 30.0 Å². The Bertz CT molecular complexity index is 1390. The SMILES string of the molecule is CCOC(=O)C(NCC(C)(C)CNc1ccc(NC(=O)c2ccccc2-c2ccccc2)cc1)c1ccccc1. The number of carbonyl (C=O) groups is 2. The van der Waals surface area contributed by atoms with Gasteiger partial charge in [0.05, 0.1) is 6.61 Å². The molecular formula is C34H37N3O3. The van der Waals surface area contributed by atoms with E-state index in [1.54, 1.807) is 0 Å². The fourth-order valence-electron chi connectivity index (χ4n) is 4.41. The second-order valence-corrected chi connectivity index (χ2v) is 10.4. The number of benzene rings is 4. The van der Waals surface area contributed by atoms with Crippen LogP contribution >= 0.6 is 0 Å². The highest BCUT2D eigenvalue weighted by molar-refractivity contribution is 6.08. The second-order valence-electron chi connectivity index (χ2n) is 10.4. The third-order valence-corrected chi connectivity index (χ3v) is 6.61. The van der Waals surface area contributed by atoms with E-state index < -0.39 is 6.04 Å². The fraction of sp³-hybridized carbons (Fsp3) is 0.235. The molecule has 0 fully saturated rings. The van der Waals surface area contributed by atoms with E-state index in [4.69, 9.17) is 4.74 Å². The van der Waals surface area contributed by atoms with Gasteiger partial charge in [0.25, 0.3) is 5.91 Å². The van der Waals surface area contributed by atoms with Gasteiger partial charge in [0.2, 0.25) is 0 Å². The van der Waals surface area contributed by atoms with Crippen LogP contribution in [-0.2, 0) is 9.53 Å². The van der Waals surface area contributed by atoms with Crippen molar-refractivity contribution in [2.24, 2.45) is 5.41 Å². The Hall–Kier alpha value is -4.42. The van der Waals surface area contributed by atoms with E-state index >= 15 is 0 Å². The monoisotopic (exact) mass is 535 g/mol. The van der Waals surface area contributed by atoms with E-state index in [1.807, 2.05) is 116 Å². The van der Waals surface area contributed by atoms with E-state index in [1.165, 1.54) is 0 Å². The van der Waals surface area contributed by atoms with Gasteiger partial charge in [-0.3, -0.25) is 4.79 Å². The average Bonchev–Trinajstić information content (AvgIpc) is 2.98. The number of ether oxygens (including phenoxy) is 1. The van der Waals surface area contributed by atoms with Crippen LogP contribution in [0.4, 0.5) is 11.4 Å². The van der Waals surface area contributed by atoms with Gasteiger partial charge in [-0.05, 0) is 59.4 Å². The van der Waals surface area contributed by atoms with E-state index in [2.05, 4.69) is 29.8 Å². The number of anilines is 2. The zero-order chi connectivity index (χ0) is 28.4. The fourth-order valence-corrected chi connectivity index (χ4v) is 4.41. The summed E-state index contributed by atoms with van der Waals surface area (Å²) in [7, 11) is 0. The standard InChI is InChI=1S/C34H37N3O3/c1-4-40-33(39)31(26-15-9-6-10-16-26)36-24-34(2,3)23-35-27-19-21-28(22-20-27)37-32(38)30-18-12-11-17-29(30)25-13-7-5-8-14-25/h5-22,31,35-36H,4,23-24H2,1-3H3,(H,37,38). The summed E-state index contributed by atoms with van der Waals surface area (Å²) in [6.07, 6.45) is 0. The number of carbonyl (C=O) groups excluding carboxylic acids is 2. The molecule has 206 valence electrons. The molecule has 0 aliphatic rings. The van der Waals surface area contributed by atoms with Crippen molar-refractivity contribution in [3.63, 3.8) is 0 Å². The minimum atomic E-state index is -0.518. The molecule has 1 amide bonds. The number of esters is 1. The highest BCUT2D eigenvalue weighted by Gasteiger charge is 2.25. The Morgan fingerprint density at radius 2 is 1.35 bits per heavy atom. The van der Waals surface area contributed by atoms with Crippen LogP contribution < -0.4 is 16.0 Å². The lowest BCUT2D eigenvalue weighted by Crippen LogP contribution is -2.40. The first-order valence-corrected chi connectivity index (χ1v) is 13.6. The molecule has 4 aromatic carbocycles. The van der Waals surface area contributed by atoms with Crippen molar-refractivity contribution < 1.29 is 14.3 Å². The molecule has 6 nitrogen and oxygen atoms in total. The summed E-state index contributed by atoms with van der Waals surface area (Å²) in [6, 6.07) is 34.3. The summed E-state index contributed by atoms with van der Waals surface area (Å²) in [5.41, 5.74) is 4.92. The maximum Gasteiger partial charge on any atom is 0.327 e. The van der Waals surface area contributed by atoms with Crippen LogP contribution in [0.2, 0.25) is 0 Å². The lowest BCUT2D eigenvalue weighted by molar-refractivity contribution is -0.146. The number of hydrogen-bond donors (Lipinski definition) is 3. The highest BCUT2D eigenvalue weighted by atomic mass is 16.5. The van der Waals surface area contributed by atoms with Crippen molar-refractivity contribution in [3.8, 4) is 11.1 Å². The molecule has 0 spiro atoms. The lowest BCUT2D eigenvalue weighted by atomic mass is 9.92. The number of hydrogen-bond acceptors (Lipinski definition) is 5. The molecule has 3 N–H and O–H groups in total. The van der Waals surface area contributed by atoms with E-state index in [-0.39, 0.29) is 17.3 Å². The van der Waals surface area contributed by atoms with Crippen molar-refractivity contribution in [2.45, 2.75) is 26.8 Å². The van der Waals surface area contributed by atoms with Gasteiger partial charge < -0.3 is 20.7 Å². The summed E-state index contributed by atoms with van der Waals surface area (Å²) in [5, 5.41) is 9.89. The second kappa shape index (κ2) is 13.6. The minimum Gasteiger partial charge on any atom is -0.465 e. The summed E-state index contributed by atoms with van der Waals surface area (Å²) >= 11 is 0. The molecule has 0 radical (unpaired) electrons. The molecule has 0 saturated carbocycles. The first kappa shape index (κ1) is 28.6. The Balaban J connectivity index is 1.33. The van der Waals surface area contributed by atoms with E-state index in [0.29, 0.717) is 25.3 Å². The van der Waals surface area contributed by atoms with E-state index in [9.17, 15) is 9.59 Å². The molecule has 4 aromatic rings. The van der Waals surface area contributed by atoms with Crippen LogP contribution in [0, 0.1) is 5.41 Å². The van der Waals surface area contributed by atoms with Crippen molar-refractivity contribution in [3.05, 3.63) is 120 Å². The molecule has 4 rings (SSSR count). The molecule has 0 saturated heterocycles. The quantitative estimate of drug-likeness (QED) is 0.171. The van der Waals surface area contributed by atoms with Crippen LogP contribution in [0.25, 0.3) is 11.1 Å². The van der Waals surface area contributed by atoms with Crippen LogP contribution in [0.15, 0.2) is 109 Å². The molecule has 0 bridgehead atoms. The topological polar surface area (TPSA) is 79.5 Å².